The van der Waals surface area contributed by atoms with E-state index in [9.17, 15) is 18.0 Å². The van der Waals surface area contributed by atoms with E-state index in [0.717, 1.165) is 27.8 Å². The Hall–Kier alpha value is -4.61. The lowest BCUT2D eigenvalue weighted by atomic mass is 10.0. The highest BCUT2D eigenvalue weighted by Crippen LogP contribution is 2.33. The monoisotopic (exact) mass is 494 g/mol. The first kappa shape index (κ1) is 23.1. The molecule has 0 aliphatic rings. The van der Waals surface area contributed by atoms with Crippen molar-refractivity contribution in [1.29, 1.82) is 0 Å². The van der Waals surface area contributed by atoms with E-state index in [1.807, 2.05) is 36.0 Å². The molecule has 3 heterocycles. The number of aryl methyl sites for hydroxylation is 2. The van der Waals surface area contributed by atoms with Crippen molar-refractivity contribution in [2.24, 2.45) is 0 Å². The third-order valence-electron chi connectivity index (χ3n) is 5.95. The molecule has 0 aliphatic carbocycles. The Morgan fingerprint density at radius 3 is 2.53 bits per heavy atom. The summed E-state index contributed by atoms with van der Waals surface area (Å²) in [6.07, 6.45) is -0.317. The number of benzene rings is 2. The summed E-state index contributed by atoms with van der Waals surface area (Å²) in [5.41, 5.74) is 15.3. The molecule has 5 rings (SSSR count). The molecule has 9 nitrogen and oxygen atoms in total. The van der Waals surface area contributed by atoms with Crippen LogP contribution in [0.5, 0.6) is 0 Å². The van der Waals surface area contributed by atoms with Gasteiger partial charge >= 0.3 is 6.18 Å². The van der Waals surface area contributed by atoms with Gasteiger partial charge in [-0.1, -0.05) is 18.2 Å². The number of hydrogen-bond acceptors (Lipinski definition) is 6. The third-order valence-corrected chi connectivity index (χ3v) is 5.95. The molecule has 184 valence electrons. The van der Waals surface area contributed by atoms with Crippen molar-refractivity contribution in [1.82, 2.24) is 29.6 Å². The fourth-order valence-electron chi connectivity index (χ4n) is 4.08. The molecule has 36 heavy (non-hydrogen) atoms. The predicted octanol–water partition coefficient (Wildman–Crippen LogP) is 4.11. The molecule has 0 unspecified atom stereocenters. The van der Waals surface area contributed by atoms with Gasteiger partial charge in [0.2, 0.25) is 0 Å². The zero-order valence-electron chi connectivity index (χ0n) is 19.3. The van der Waals surface area contributed by atoms with Crippen LogP contribution in [-0.4, -0.2) is 42.9 Å². The lowest BCUT2D eigenvalue weighted by molar-refractivity contribution is -0.123. The maximum absolute atomic E-state index is 12.7. The minimum Gasteiger partial charge on any atom is -0.382 e. The summed E-state index contributed by atoms with van der Waals surface area (Å²) in [6, 6.07) is 11.0. The Morgan fingerprint density at radius 1 is 1.06 bits per heavy atom. The second-order valence-electron chi connectivity index (χ2n) is 8.33. The number of hydrogen-bond donors (Lipinski definition) is 3. The summed E-state index contributed by atoms with van der Waals surface area (Å²) in [6.45, 7) is 2.59. The van der Waals surface area contributed by atoms with E-state index in [2.05, 4.69) is 20.5 Å². The topological polar surface area (TPSA) is 115 Å². The summed E-state index contributed by atoms with van der Waals surface area (Å²) >= 11 is 0. The minimum atomic E-state index is -4.55. The van der Waals surface area contributed by atoms with E-state index in [1.54, 1.807) is 30.6 Å². The smallest absolute Gasteiger partial charge is 0.382 e. The molecule has 1 amide bonds. The molecule has 0 fully saturated rings. The zero-order valence-corrected chi connectivity index (χ0v) is 19.3. The molecule has 0 aliphatic heterocycles. The van der Waals surface area contributed by atoms with E-state index >= 15 is 0 Å². The highest BCUT2D eigenvalue weighted by Gasteiger charge is 2.29. The Bertz CT molecular complexity index is 1600. The third kappa shape index (κ3) is 4.17. The van der Waals surface area contributed by atoms with Crippen LogP contribution in [0, 0.1) is 13.8 Å². The first-order valence-corrected chi connectivity index (χ1v) is 10.9. The molecule has 2 aromatic carbocycles. The van der Waals surface area contributed by atoms with Crippen molar-refractivity contribution in [3.05, 3.63) is 71.9 Å². The minimum absolute atomic E-state index is 0.00105. The molecule has 3 aromatic heterocycles. The van der Waals surface area contributed by atoms with E-state index in [-0.39, 0.29) is 11.4 Å². The lowest BCUT2D eigenvalue weighted by Crippen LogP contribution is -2.33. The van der Waals surface area contributed by atoms with Gasteiger partial charge in [0, 0.05) is 11.8 Å². The van der Waals surface area contributed by atoms with Crippen molar-refractivity contribution in [3.63, 3.8) is 0 Å². The van der Waals surface area contributed by atoms with E-state index in [4.69, 9.17) is 5.73 Å². The first-order chi connectivity index (χ1) is 17.1. The Labute approximate surface area is 202 Å². The molecule has 5 aromatic rings. The number of carbonyl (C=O) groups is 1. The van der Waals surface area contributed by atoms with Crippen LogP contribution in [0.2, 0.25) is 0 Å². The number of nitrogens with one attached hydrogen (secondary N) is 2. The number of amides is 1. The number of nitrogens with zero attached hydrogens (tertiary/aromatic N) is 5. The largest absolute Gasteiger partial charge is 0.405 e. The van der Waals surface area contributed by atoms with Gasteiger partial charge in [-0.15, -0.1) is 0 Å². The normalized spacial score (nSPS) is 11.8. The van der Waals surface area contributed by atoms with Crippen LogP contribution < -0.4 is 16.5 Å². The van der Waals surface area contributed by atoms with Crippen LogP contribution in [0.1, 0.15) is 21.5 Å². The van der Waals surface area contributed by atoms with Crippen molar-refractivity contribution in [2.75, 3.05) is 17.7 Å². The Kier molecular flexibility index (Phi) is 5.50. The summed E-state index contributed by atoms with van der Waals surface area (Å²) in [4.78, 5) is 21.1. The summed E-state index contributed by atoms with van der Waals surface area (Å²) < 4.78 is 41.2. The number of nitrogens with two attached hydrogens (primary N) is 1. The summed E-state index contributed by atoms with van der Waals surface area (Å²) in [5, 5.41) is 5.96. The van der Waals surface area contributed by atoms with E-state index in [1.165, 1.54) is 17.0 Å². The number of carbonyl (C=O) groups excluding carboxylic acids is 1. The molecule has 0 radical (unpaired) electrons. The van der Waals surface area contributed by atoms with Crippen molar-refractivity contribution < 1.29 is 18.0 Å². The van der Waals surface area contributed by atoms with Crippen molar-refractivity contribution in [2.45, 2.75) is 20.0 Å². The van der Waals surface area contributed by atoms with Crippen LogP contribution in [0.25, 0.3) is 27.7 Å². The highest BCUT2D eigenvalue weighted by molar-refractivity contribution is 6.07. The second-order valence-corrected chi connectivity index (χ2v) is 8.33. The molecule has 0 saturated carbocycles. The molecule has 0 bridgehead atoms. The van der Waals surface area contributed by atoms with Gasteiger partial charge in [-0.05, 0) is 48.7 Å². The van der Waals surface area contributed by atoms with Crippen LogP contribution in [-0.2, 0) is 0 Å². The number of imidazole rings is 1. The van der Waals surface area contributed by atoms with Crippen LogP contribution in [0.15, 0.2) is 55.2 Å². The SMILES string of the molecule is Cc1ccc2ncn(Nc3ccc(-c4c(C(=O)NCC(F)(F)F)cn5ncnc(N)c45)cc3)c2c1C. The average molecular weight is 494 g/mol. The van der Waals surface area contributed by atoms with Crippen molar-refractivity contribution in [3.8, 4) is 11.1 Å². The van der Waals surface area contributed by atoms with Gasteiger partial charge in [0.1, 0.15) is 24.7 Å². The fraction of sp³-hybridized carbons (Fsp3) is 0.167. The summed E-state index contributed by atoms with van der Waals surface area (Å²) in [7, 11) is 0. The molecule has 0 atom stereocenters. The number of alkyl halides is 3. The fourth-order valence-corrected chi connectivity index (χ4v) is 4.08. The molecule has 0 spiro atoms. The van der Waals surface area contributed by atoms with Gasteiger partial charge < -0.3 is 11.1 Å². The van der Waals surface area contributed by atoms with Gasteiger partial charge in [0.05, 0.1) is 22.3 Å². The first-order valence-electron chi connectivity index (χ1n) is 10.9. The molecule has 0 saturated heterocycles. The van der Waals surface area contributed by atoms with Crippen LogP contribution in [0.3, 0.4) is 0 Å². The number of nitrogen functional groups attached to an aromatic ring is 1. The number of aromatic nitrogens is 5. The van der Waals surface area contributed by atoms with E-state index < -0.39 is 18.6 Å². The average Bonchev–Trinajstić information content (AvgIpc) is 3.43. The number of fused-ring (bicyclic) bond motifs is 2. The number of anilines is 2. The van der Waals surface area contributed by atoms with Gasteiger partial charge in [0.25, 0.3) is 5.91 Å². The molecular weight excluding hydrogens is 473 g/mol. The second kappa shape index (κ2) is 8.56. The van der Waals surface area contributed by atoms with Gasteiger partial charge in [-0.25, -0.2) is 19.2 Å². The van der Waals surface area contributed by atoms with Crippen LogP contribution in [0.4, 0.5) is 24.7 Å². The Balaban J connectivity index is 1.52. The van der Waals surface area contributed by atoms with Gasteiger partial charge in [-0.3, -0.25) is 10.2 Å². The number of halogens is 3. The molecule has 4 N–H and O–H groups in total. The Morgan fingerprint density at radius 2 is 1.81 bits per heavy atom. The maximum atomic E-state index is 12.7. The van der Waals surface area contributed by atoms with Gasteiger partial charge in [0.15, 0.2) is 5.82 Å². The van der Waals surface area contributed by atoms with Crippen molar-refractivity contribution >= 4 is 34.0 Å². The lowest BCUT2D eigenvalue weighted by Gasteiger charge is -2.12. The molecular formula is C24H21F3N8O. The summed E-state index contributed by atoms with van der Waals surface area (Å²) in [5.74, 6) is -0.807. The number of rotatable bonds is 5. The van der Waals surface area contributed by atoms with Gasteiger partial charge in [-0.2, -0.15) is 18.3 Å². The standard InChI is InChI=1S/C24H21F3N8O/c1-13-3-8-18-20(14(13)2)35(12-31-18)33-16-6-4-15(5-7-16)19-17(23(36)29-10-24(25,26)27)9-34-21(19)22(28)30-11-32-34/h3-9,11-12,33H,10H2,1-2H3,(H,29,36)(H2,28,30,32). The quantitative estimate of drug-likeness (QED) is 0.339. The highest BCUT2D eigenvalue weighted by atomic mass is 19.4. The molecule has 12 heteroatoms. The van der Waals surface area contributed by atoms with E-state index in [0.29, 0.717) is 16.6 Å². The zero-order chi connectivity index (χ0) is 25.6. The maximum Gasteiger partial charge on any atom is 0.405 e. The van der Waals surface area contributed by atoms with Crippen LogP contribution >= 0.6 is 0 Å². The predicted molar refractivity (Wildman–Crippen MR) is 129 cm³/mol.